The number of methoxy groups -OCH3 is 1. The standard InChI is InChI=1S/C12H25NO/c1-3-13-11-12(8-6-9-12)7-4-5-10-14-2/h13H,3-11H2,1-2H3. The van der Waals surface area contributed by atoms with E-state index < -0.39 is 0 Å². The third kappa shape index (κ3) is 3.58. The highest BCUT2D eigenvalue weighted by Crippen LogP contribution is 2.44. The van der Waals surface area contributed by atoms with E-state index in [1.165, 1.54) is 45.1 Å². The maximum absolute atomic E-state index is 5.07. The van der Waals surface area contributed by atoms with Crippen LogP contribution in [0.2, 0.25) is 0 Å². The second-order valence-electron chi connectivity index (χ2n) is 4.58. The predicted molar refractivity (Wildman–Crippen MR) is 60.6 cm³/mol. The highest BCUT2D eigenvalue weighted by Gasteiger charge is 2.35. The van der Waals surface area contributed by atoms with Gasteiger partial charge in [-0.05, 0) is 37.6 Å². The van der Waals surface area contributed by atoms with Gasteiger partial charge in [0, 0.05) is 20.3 Å². The van der Waals surface area contributed by atoms with E-state index in [1.807, 2.05) is 0 Å². The van der Waals surface area contributed by atoms with E-state index in [4.69, 9.17) is 4.74 Å². The molecule has 0 amide bonds. The first-order valence-electron chi connectivity index (χ1n) is 6.03. The van der Waals surface area contributed by atoms with Gasteiger partial charge in [0.25, 0.3) is 0 Å². The number of unbranched alkanes of at least 4 members (excludes halogenated alkanes) is 1. The molecule has 0 aromatic carbocycles. The monoisotopic (exact) mass is 199 g/mol. The summed E-state index contributed by atoms with van der Waals surface area (Å²) in [6.45, 7) is 5.46. The van der Waals surface area contributed by atoms with Crippen molar-refractivity contribution in [2.75, 3.05) is 26.8 Å². The van der Waals surface area contributed by atoms with Gasteiger partial charge in [0.05, 0.1) is 0 Å². The van der Waals surface area contributed by atoms with Crippen LogP contribution in [0.5, 0.6) is 0 Å². The lowest BCUT2D eigenvalue weighted by atomic mass is 9.66. The van der Waals surface area contributed by atoms with Crippen molar-refractivity contribution in [2.24, 2.45) is 5.41 Å². The molecule has 1 aliphatic rings. The van der Waals surface area contributed by atoms with Gasteiger partial charge in [0.15, 0.2) is 0 Å². The second kappa shape index (κ2) is 6.41. The lowest BCUT2D eigenvalue weighted by molar-refractivity contribution is 0.107. The zero-order valence-electron chi connectivity index (χ0n) is 9.77. The van der Waals surface area contributed by atoms with Crippen molar-refractivity contribution >= 4 is 0 Å². The van der Waals surface area contributed by atoms with Gasteiger partial charge >= 0.3 is 0 Å². The molecule has 0 bridgehead atoms. The summed E-state index contributed by atoms with van der Waals surface area (Å²) in [6.07, 6.45) is 8.27. The van der Waals surface area contributed by atoms with Gasteiger partial charge in [0.2, 0.25) is 0 Å². The maximum Gasteiger partial charge on any atom is 0.0462 e. The lowest BCUT2D eigenvalue weighted by Crippen LogP contribution is -2.39. The van der Waals surface area contributed by atoms with Crippen LogP contribution in [0.15, 0.2) is 0 Å². The smallest absolute Gasteiger partial charge is 0.0462 e. The summed E-state index contributed by atoms with van der Waals surface area (Å²) in [6, 6.07) is 0. The first-order chi connectivity index (χ1) is 6.83. The minimum atomic E-state index is 0.656. The van der Waals surface area contributed by atoms with Crippen molar-refractivity contribution in [1.29, 1.82) is 0 Å². The SMILES string of the molecule is CCNCC1(CCCCOC)CCC1. The first kappa shape index (κ1) is 12.0. The van der Waals surface area contributed by atoms with Crippen LogP contribution in [0.4, 0.5) is 0 Å². The molecule has 0 aromatic rings. The number of hydrogen-bond acceptors (Lipinski definition) is 2. The van der Waals surface area contributed by atoms with Gasteiger partial charge in [0.1, 0.15) is 0 Å². The van der Waals surface area contributed by atoms with Crippen LogP contribution in [0.3, 0.4) is 0 Å². The largest absolute Gasteiger partial charge is 0.385 e. The fourth-order valence-corrected chi connectivity index (χ4v) is 2.33. The highest BCUT2D eigenvalue weighted by molar-refractivity contribution is 4.89. The van der Waals surface area contributed by atoms with E-state index in [9.17, 15) is 0 Å². The van der Waals surface area contributed by atoms with Gasteiger partial charge in [-0.15, -0.1) is 0 Å². The van der Waals surface area contributed by atoms with Crippen molar-refractivity contribution < 1.29 is 4.74 Å². The Balaban J connectivity index is 2.10. The molecule has 1 rings (SSSR count). The van der Waals surface area contributed by atoms with Crippen molar-refractivity contribution in [3.63, 3.8) is 0 Å². The molecule has 1 saturated carbocycles. The molecule has 14 heavy (non-hydrogen) atoms. The van der Waals surface area contributed by atoms with Crippen molar-refractivity contribution in [2.45, 2.75) is 45.4 Å². The van der Waals surface area contributed by atoms with Crippen LogP contribution in [0.1, 0.15) is 45.4 Å². The topological polar surface area (TPSA) is 21.3 Å². The molecule has 0 spiro atoms. The van der Waals surface area contributed by atoms with Crippen LogP contribution in [0, 0.1) is 5.41 Å². The van der Waals surface area contributed by atoms with E-state index in [-0.39, 0.29) is 0 Å². The Bertz CT molecular complexity index is 143. The molecule has 0 radical (unpaired) electrons. The Kier molecular flexibility index (Phi) is 5.49. The van der Waals surface area contributed by atoms with Crippen LogP contribution in [-0.2, 0) is 4.74 Å². The summed E-state index contributed by atoms with van der Waals surface area (Å²) in [5.74, 6) is 0. The molecule has 1 aliphatic carbocycles. The Hall–Kier alpha value is -0.0800. The molecule has 0 heterocycles. The Morgan fingerprint density at radius 1 is 1.29 bits per heavy atom. The molecule has 1 fully saturated rings. The predicted octanol–water partition coefficient (Wildman–Crippen LogP) is 2.58. The molecule has 2 heteroatoms. The first-order valence-corrected chi connectivity index (χ1v) is 6.03. The molecule has 0 saturated heterocycles. The fourth-order valence-electron chi connectivity index (χ4n) is 2.33. The molecule has 0 atom stereocenters. The molecular weight excluding hydrogens is 174 g/mol. The molecular formula is C12H25NO. The van der Waals surface area contributed by atoms with E-state index in [0.717, 1.165) is 13.2 Å². The van der Waals surface area contributed by atoms with Crippen molar-refractivity contribution in [3.8, 4) is 0 Å². The summed E-state index contributed by atoms with van der Waals surface area (Å²) >= 11 is 0. The quantitative estimate of drug-likeness (QED) is 0.607. The van der Waals surface area contributed by atoms with E-state index in [2.05, 4.69) is 12.2 Å². The summed E-state index contributed by atoms with van der Waals surface area (Å²) in [5.41, 5.74) is 0.656. The van der Waals surface area contributed by atoms with Gasteiger partial charge in [-0.1, -0.05) is 19.8 Å². The minimum absolute atomic E-state index is 0.656. The zero-order chi connectivity index (χ0) is 10.3. The summed E-state index contributed by atoms with van der Waals surface area (Å²) in [4.78, 5) is 0. The Morgan fingerprint density at radius 2 is 2.07 bits per heavy atom. The molecule has 1 N–H and O–H groups in total. The number of ether oxygens (including phenoxy) is 1. The number of rotatable bonds is 8. The van der Waals surface area contributed by atoms with Gasteiger partial charge in [-0.2, -0.15) is 0 Å². The van der Waals surface area contributed by atoms with Gasteiger partial charge in [-0.3, -0.25) is 0 Å². The molecule has 0 aromatic heterocycles. The Labute approximate surface area is 88.4 Å². The summed E-state index contributed by atoms with van der Waals surface area (Å²) < 4.78 is 5.07. The molecule has 84 valence electrons. The fraction of sp³-hybridized carbons (Fsp3) is 1.00. The third-order valence-electron chi connectivity index (χ3n) is 3.47. The maximum atomic E-state index is 5.07. The minimum Gasteiger partial charge on any atom is -0.385 e. The van der Waals surface area contributed by atoms with Crippen molar-refractivity contribution in [3.05, 3.63) is 0 Å². The van der Waals surface area contributed by atoms with Gasteiger partial charge in [-0.25, -0.2) is 0 Å². The van der Waals surface area contributed by atoms with Crippen LogP contribution >= 0.6 is 0 Å². The molecule has 2 nitrogen and oxygen atoms in total. The van der Waals surface area contributed by atoms with Crippen LogP contribution in [0.25, 0.3) is 0 Å². The molecule has 0 aliphatic heterocycles. The number of hydrogen-bond donors (Lipinski definition) is 1. The van der Waals surface area contributed by atoms with Crippen LogP contribution < -0.4 is 5.32 Å². The van der Waals surface area contributed by atoms with Crippen LogP contribution in [-0.4, -0.2) is 26.8 Å². The Morgan fingerprint density at radius 3 is 2.57 bits per heavy atom. The normalized spacial score (nSPS) is 19.3. The summed E-state index contributed by atoms with van der Waals surface area (Å²) in [7, 11) is 1.79. The van der Waals surface area contributed by atoms with E-state index >= 15 is 0 Å². The summed E-state index contributed by atoms with van der Waals surface area (Å²) in [5, 5.41) is 3.50. The van der Waals surface area contributed by atoms with E-state index in [0.29, 0.717) is 5.41 Å². The van der Waals surface area contributed by atoms with E-state index in [1.54, 1.807) is 7.11 Å². The van der Waals surface area contributed by atoms with Crippen molar-refractivity contribution in [1.82, 2.24) is 5.32 Å². The lowest BCUT2D eigenvalue weighted by Gasteiger charge is -2.42. The third-order valence-corrected chi connectivity index (χ3v) is 3.47. The zero-order valence-corrected chi connectivity index (χ0v) is 9.77. The average Bonchev–Trinajstić information content (AvgIpc) is 2.15. The highest BCUT2D eigenvalue weighted by atomic mass is 16.5. The molecule has 0 unspecified atom stereocenters. The number of nitrogens with one attached hydrogen (secondary N) is 1. The average molecular weight is 199 g/mol. The second-order valence-corrected chi connectivity index (χ2v) is 4.58. The van der Waals surface area contributed by atoms with Gasteiger partial charge < -0.3 is 10.1 Å².